The van der Waals surface area contributed by atoms with Gasteiger partial charge in [0.2, 0.25) is 10.0 Å². The molecule has 0 radical (unpaired) electrons. The highest BCUT2D eigenvalue weighted by Gasteiger charge is 2.20. The van der Waals surface area contributed by atoms with Crippen LogP contribution in [-0.2, 0) is 23.0 Å². The van der Waals surface area contributed by atoms with Crippen molar-refractivity contribution in [3.8, 4) is 5.75 Å². The molecular formula is C26H29ClN2O4S. The average molecular weight is 501 g/mol. The zero-order valence-corrected chi connectivity index (χ0v) is 21.1. The molecule has 1 amide bonds. The molecule has 3 rings (SSSR count). The molecule has 0 atom stereocenters. The maximum atomic E-state index is 12.5. The molecule has 0 spiro atoms. The Hall–Kier alpha value is -3.03. The van der Waals surface area contributed by atoms with Crippen molar-refractivity contribution in [1.29, 1.82) is 0 Å². The van der Waals surface area contributed by atoms with E-state index in [0.717, 1.165) is 29.6 Å². The van der Waals surface area contributed by atoms with E-state index in [1.54, 1.807) is 42.5 Å². The lowest BCUT2D eigenvalue weighted by Crippen LogP contribution is -2.30. The first-order valence-electron chi connectivity index (χ1n) is 11.0. The first kappa shape index (κ1) is 25.6. The number of halogens is 1. The SMILES string of the molecule is CCc1ccc(OCCNC(=O)c2ccc(CN(c3cc(Cl)ccc3C)S(C)(=O)=O)cc2)cc1. The van der Waals surface area contributed by atoms with Gasteiger partial charge in [-0.2, -0.15) is 0 Å². The molecule has 0 heterocycles. The van der Waals surface area contributed by atoms with Gasteiger partial charge in [-0.3, -0.25) is 9.10 Å². The Balaban J connectivity index is 1.58. The van der Waals surface area contributed by atoms with Gasteiger partial charge < -0.3 is 10.1 Å². The first-order chi connectivity index (χ1) is 16.2. The molecule has 3 aromatic rings. The van der Waals surface area contributed by atoms with Crippen LogP contribution in [0, 0.1) is 6.92 Å². The Morgan fingerprint density at radius 1 is 1.00 bits per heavy atom. The fourth-order valence-electron chi connectivity index (χ4n) is 3.42. The number of rotatable bonds is 10. The van der Waals surface area contributed by atoms with Crippen LogP contribution in [0.3, 0.4) is 0 Å². The van der Waals surface area contributed by atoms with Crippen LogP contribution >= 0.6 is 11.6 Å². The van der Waals surface area contributed by atoms with E-state index in [9.17, 15) is 13.2 Å². The summed E-state index contributed by atoms with van der Waals surface area (Å²) in [4.78, 5) is 12.4. The summed E-state index contributed by atoms with van der Waals surface area (Å²) in [6, 6.07) is 19.9. The molecule has 0 unspecified atom stereocenters. The molecule has 0 aromatic heterocycles. The van der Waals surface area contributed by atoms with Crippen LogP contribution in [0.5, 0.6) is 5.75 Å². The van der Waals surface area contributed by atoms with Crippen LogP contribution in [0.1, 0.15) is 34.0 Å². The number of anilines is 1. The molecule has 6 nitrogen and oxygen atoms in total. The highest BCUT2D eigenvalue weighted by Crippen LogP contribution is 2.28. The molecule has 0 saturated carbocycles. The monoisotopic (exact) mass is 500 g/mol. The van der Waals surface area contributed by atoms with Crippen molar-refractivity contribution in [1.82, 2.24) is 5.32 Å². The van der Waals surface area contributed by atoms with E-state index in [4.69, 9.17) is 16.3 Å². The molecule has 180 valence electrons. The Bertz CT molecular complexity index is 1230. The lowest BCUT2D eigenvalue weighted by atomic mass is 10.1. The minimum atomic E-state index is -3.54. The number of ether oxygens (including phenoxy) is 1. The standard InChI is InChI=1S/C26H29ClN2O4S/c1-4-20-8-13-24(14-9-20)33-16-15-28-26(30)22-10-6-21(7-11-22)18-29(34(3,31)32)25-17-23(27)12-5-19(25)2/h5-14,17H,4,15-16,18H2,1-3H3,(H,28,30). The van der Waals surface area contributed by atoms with Crippen LogP contribution < -0.4 is 14.4 Å². The van der Waals surface area contributed by atoms with Crippen molar-refractivity contribution >= 4 is 33.2 Å². The van der Waals surface area contributed by atoms with Gasteiger partial charge in [0.15, 0.2) is 0 Å². The summed E-state index contributed by atoms with van der Waals surface area (Å²) in [7, 11) is -3.54. The number of carbonyl (C=O) groups excluding carboxylic acids is 1. The van der Waals surface area contributed by atoms with E-state index >= 15 is 0 Å². The van der Waals surface area contributed by atoms with Crippen LogP contribution in [0.4, 0.5) is 5.69 Å². The second kappa shape index (κ2) is 11.4. The van der Waals surface area contributed by atoms with Crippen molar-refractivity contribution in [3.63, 3.8) is 0 Å². The molecule has 0 fully saturated rings. The van der Waals surface area contributed by atoms with E-state index in [0.29, 0.717) is 29.4 Å². The summed E-state index contributed by atoms with van der Waals surface area (Å²) in [5.74, 6) is 0.545. The maximum absolute atomic E-state index is 12.5. The average Bonchev–Trinajstić information content (AvgIpc) is 2.82. The zero-order valence-electron chi connectivity index (χ0n) is 19.5. The van der Waals surface area contributed by atoms with Gasteiger partial charge in [0.1, 0.15) is 12.4 Å². The second-order valence-electron chi connectivity index (χ2n) is 8.00. The van der Waals surface area contributed by atoms with Crippen molar-refractivity contribution in [3.05, 3.63) is 94.0 Å². The van der Waals surface area contributed by atoms with Crippen molar-refractivity contribution < 1.29 is 17.9 Å². The molecule has 3 aromatic carbocycles. The molecule has 0 aliphatic carbocycles. The third-order valence-corrected chi connectivity index (χ3v) is 6.73. The molecule has 0 bridgehead atoms. The maximum Gasteiger partial charge on any atom is 0.251 e. The number of aryl methyl sites for hydroxylation is 2. The van der Waals surface area contributed by atoms with E-state index in [-0.39, 0.29) is 12.5 Å². The van der Waals surface area contributed by atoms with Gasteiger partial charge in [-0.1, -0.05) is 48.9 Å². The van der Waals surface area contributed by atoms with Gasteiger partial charge >= 0.3 is 0 Å². The number of hydrogen-bond acceptors (Lipinski definition) is 4. The lowest BCUT2D eigenvalue weighted by molar-refractivity contribution is 0.0947. The Morgan fingerprint density at radius 2 is 1.65 bits per heavy atom. The van der Waals surface area contributed by atoms with Crippen molar-refractivity contribution in [2.75, 3.05) is 23.7 Å². The van der Waals surface area contributed by atoms with Gasteiger partial charge in [0.25, 0.3) is 5.91 Å². The number of carbonyl (C=O) groups is 1. The number of nitrogens with one attached hydrogen (secondary N) is 1. The normalized spacial score (nSPS) is 11.2. The minimum Gasteiger partial charge on any atom is -0.492 e. The molecular weight excluding hydrogens is 472 g/mol. The van der Waals surface area contributed by atoms with E-state index in [2.05, 4.69) is 12.2 Å². The Morgan fingerprint density at radius 3 is 2.26 bits per heavy atom. The zero-order chi connectivity index (χ0) is 24.7. The molecule has 34 heavy (non-hydrogen) atoms. The van der Waals surface area contributed by atoms with Crippen LogP contribution in [-0.4, -0.2) is 33.7 Å². The third-order valence-electron chi connectivity index (χ3n) is 5.37. The van der Waals surface area contributed by atoms with Gasteiger partial charge in [-0.05, 0) is 66.4 Å². The summed E-state index contributed by atoms with van der Waals surface area (Å²) in [5.41, 5.74) is 3.81. The number of sulfonamides is 1. The Labute approximate surface area is 206 Å². The van der Waals surface area contributed by atoms with Crippen LogP contribution in [0.2, 0.25) is 5.02 Å². The van der Waals surface area contributed by atoms with Gasteiger partial charge in [0.05, 0.1) is 25.0 Å². The molecule has 0 aliphatic rings. The molecule has 0 saturated heterocycles. The smallest absolute Gasteiger partial charge is 0.251 e. The summed E-state index contributed by atoms with van der Waals surface area (Å²) in [6.45, 7) is 4.79. The fourth-order valence-corrected chi connectivity index (χ4v) is 4.52. The topological polar surface area (TPSA) is 75.7 Å². The van der Waals surface area contributed by atoms with Crippen molar-refractivity contribution in [2.24, 2.45) is 0 Å². The summed E-state index contributed by atoms with van der Waals surface area (Å²) in [5, 5.41) is 3.29. The molecule has 0 aliphatic heterocycles. The lowest BCUT2D eigenvalue weighted by Gasteiger charge is -2.24. The number of benzene rings is 3. The minimum absolute atomic E-state index is 0.132. The van der Waals surface area contributed by atoms with E-state index < -0.39 is 10.0 Å². The largest absolute Gasteiger partial charge is 0.492 e. The summed E-state index contributed by atoms with van der Waals surface area (Å²) >= 11 is 6.09. The van der Waals surface area contributed by atoms with Gasteiger partial charge in [-0.15, -0.1) is 0 Å². The molecule has 1 N–H and O–H groups in total. The first-order valence-corrected chi connectivity index (χ1v) is 13.2. The Kier molecular flexibility index (Phi) is 8.58. The van der Waals surface area contributed by atoms with E-state index in [1.165, 1.54) is 9.87 Å². The predicted molar refractivity (Wildman–Crippen MR) is 137 cm³/mol. The highest BCUT2D eigenvalue weighted by atomic mass is 35.5. The third kappa shape index (κ3) is 6.98. The fraction of sp³-hybridized carbons (Fsp3) is 0.269. The summed E-state index contributed by atoms with van der Waals surface area (Å²) in [6.07, 6.45) is 2.14. The van der Waals surface area contributed by atoms with E-state index in [1.807, 2.05) is 31.2 Å². The summed E-state index contributed by atoms with van der Waals surface area (Å²) < 4.78 is 31.9. The predicted octanol–water partition coefficient (Wildman–Crippen LogP) is 4.99. The van der Waals surface area contributed by atoms with Crippen LogP contribution in [0.15, 0.2) is 66.7 Å². The number of hydrogen-bond donors (Lipinski definition) is 1. The van der Waals surface area contributed by atoms with Gasteiger partial charge in [-0.25, -0.2) is 8.42 Å². The van der Waals surface area contributed by atoms with Gasteiger partial charge in [0, 0.05) is 10.6 Å². The molecule has 8 heteroatoms. The van der Waals surface area contributed by atoms with Crippen molar-refractivity contribution in [2.45, 2.75) is 26.8 Å². The number of amides is 1. The quantitative estimate of drug-likeness (QED) is 0.398. The van der Waals surface area contributed by atoms with Crippen LogP contribution in [0.25, 0.3) is 0 Å². The highest BCUT2D eigenvalue weighted by molar-refractivity contribution is 7.92. The number of nitrogens with zero attached hydrogens (tertiary/aromatic N) is 1. The second-order valence-corrected chi connectivity index (χ2v) is 10.3.